The smallest absolute Gasteiger partial charge is 0.271 e. The molecule has 4 rings (SSSR count). The van der Waals surface area contributed by atoms with E-state index in [9.17, 15) is 4.79 Å². The average molecular weight is 440 g/mol. The van der Waals surface area contributed by atoms with E-state index < -0.39 is 0 Å². The summed E-state index contributed by atoms with van der Waals surface area (Å²) in [4.78, 5) is 12.4. The largest absolute Gasteiger partial charge is 0.493 e. The van der Waals surface area contributed by atoms with Gasteiger partial charge in [-0.3, -0.25) is 4.79 Å². The fraction of sp³-hybridized carbons (Fsp3) is 0.111. The number of rotatable bonds is 8. The first-order valence-electron chi connectivity index (χ1n) is 10.4. The fourth-order valence-corrected chi connectivity index (χ4v) is 3.41. The number of ether oxygens (including phenoxy) is 3. The Morgan fingerprint density at radius 2 is 1.67 bits per heavy atom. The Morgan fingerprint density at radius 3 is 2.42 bits per heavy atom. The van der Waals surface area contributed by atoms with Crippen LogP contribution in [0.5, 0.6) is 17.2 Å². The number of para-hydroxylation sites is 1. The molecule has 6 heteroatoms. The topological polar surface area (TPSA) is 69.2 Å². The van der Waals surface area contributed by atoms with Crippen molar-refractivity contribution in [2.24, 2.45) is 5.10 Å². The van der Waals surface area contributed by atoms with Crippen LogP contribution in [0.15, 0.2) is 90.0 Å². The monoisotopic (exact) mass is 440 g/mol. The molecule has 0 aliphatic rings. The second kappa shape index (κ2) is 10.3. The van der Waals surface area contributed by atoms with Crippen molar-refractivity contribution in [2.45, 2.75) is 6.61 Å². The molecule has 0 aliphatic carbocycles. The van der Waals surface area contributed by atoms with Crippen molar-refractivity contribution >= 4 is 22.9 Å². The molecule has 0 aromatic heterocycles. The van der Waals surface area contributed by atoms with Crippen molar-refractivity contribution in [3.8, 4) is 17.2 Å². The number of amides is 1. The fourth-order valence-electron chi connectivity index (χ4n) is 3.41. The lowest BCUT2D eigenvalue weighted by Crippen LogP contribution is -2.17. The number of fused-ring (bicyclic) bond motifs is 1. The van der Waals surface area contributed by atoms with Crippen LogP contribution < -0.4 is 19.6 Å². The van der Waals surface area contributed by atoms with Crippen molar-refractivity contribution in [2.75, 3.05) is 14.2 Å². The predicted octanol–water partition coefficient (Wildman–Crippen LogP) is 5.20. The van der Waals surface area contributed by atoms with Gasteiger partial charge in [0.1, 0.15) is 12.4 Å². The van der Waals surface area contributed by atoms with Crippen LogP contribution in [0.4, 0.5) is 0 Å². The van der Waals surface area contributed by atoms with Crippen LogP contribution in [-0.4, -0.2) is 26.3 Å². The maximum absolute atomic E-state index is 12.4. The van der Waals surface area contributed by atoms with Crippen LogP contribution in [0.3, 0.4) is 0 Å². The molecule has 0 saturated carbocycles. The maximum atomic E-state index is 12.4. The van der Waals surface area contributed by atoms with E-state index in [0.29, 0.717) is 29.2 Å². The van der Waals surface area contributed by atoms with Gasteiger partial charge in [0.05, 0.1) is 20.4 Å². The lowest BCUT2D eigenvalue weighted by atomic mass is 10.1. The molecule has 0 unspecified atom stereocenters. The van der Waals surface area contributed by atoms with Crippen molar-refractivity contribution in [3.63, 3.8) is 0 Å². The Morgan fingerprint density at radius 1 is 0.879 bits per heavy atom. The molecule has 166 valence electrons. The number of hydrogen-bond acceptors (Lipinski definition) is 5. The van der Waals surface area contributed by atoms with Crippen LogP contribution in [0.25, 0.3) is 10.8 Å². The molecule has 0 fully saturated rings. The minimum absolute atomic E-state index is 0.310. The average Bonchev–Trinajstić information content (AvgIpc) is 2.87. The van der Waals surface area contributed by atoms with Crippen molar-refractivity contribution in [1.82, 2.24) is 5.43 Å². The van der Waals surface area contributed by atoms with Crippen LogP contribution in [-0.2, 0) is 6.61 Å². The third kappa shape index (κ3) is 5.30. The molecule has 0 heterocycles. The minimum atomic E-state index is -0.310. The molecule has 1 amide bonds. The van der Waals surface area contributed by atoms with Crippen molar-refractivity contribution in [3.05, 3.63) is 102 Å². The second-order valence-electron chi connectivity index (χ2n) is 7.28. The van der Waals surface area contributed by atoms with Crippen LogP contribution in [0.2, 0.25) is 0 Å². The summed E-state index contributed by atoms with van der Waals surface area (Å²) in [6, 6.07) is 26.8. The molecule has 33 heavy (non-hydrogen) atoms. The zero-order valence-corrected chi connectivity index (χ0v) is 18.4. The molecule has 0 radical (unpaired) electrons. The van der Waals surface area contributed by atoms with Gasteiger partial charge in [0.2, 0.25) is 0 Å². The quantitative estimate of drug-likeness (QED) is 0.302. The lowest BCUT2D eigenvalue weighted by Gasteiger charge is -2.09. The van der Waals surface area contributed by atoms with Gasteiger partial charge in [-0.2, -0.15) is 5.10 Å². The first-order valence-corrected chi connectivity index (χ1v) is 10.4. The van der Waals surface area contributed by atoms with Crippen LogP contribution in [0.1, 0.15) is 21.5 Å². The number of hydrogen-bond donors (Lipinski definition) is 1. The molecular formula is C27H24N2O4. The highest BCUT2D eigenvalue weighted by Crippen LogP contribution is 2.29. The normalized spacial score (nSPS) is 10.8. The highest BCUT2D eigenvalue weighted by Gasteiger charge is 2.08. The summed E-state index contributed by atoms with van der Waals surface area (Å²) in [7, 11) is 3.12. The minimum Gasteiger partial charge on any atom is -0.493 e. The van der Waals surface area contributed by atoms with Gasteiger partial charge in [-0.15, -0.1) is 0 Å². The molecule has 0 bridgehead atoms. The van der Waals surface area contributed by atoms with Crippen molar-refractivity contribution in [1.29, 1.82) is 0 Å². The molecule has 4 aromatic carbocycles. The Bertz CT molecular complexity index is 1280. The van der Waals surface area contributed by atoms with E-state index >= 15 is 0 Å². The van der Waals surface area contributed by atoms with Crippen LogP contribution >= 0.6 is 0 Å². The predicted molar refractivity (Wildman–Crippen MR) is 129 cm³/mol. The summed E-state index contributed by atoms with van der Waals surface area (Å²) < 4.78 is 16.5. The Balaban J connectivity index is 1.34. The molecule has 0 spiro atoms. The van der Waals surface area contributed by atoms with Gasteiger partial charge >= 0.3 is 0 Å². The number of benzene rings is 4. The summed E-state index contributed by atoms with van der Waals surface area (Å²) in [5, 5.41) is 6.35. The van der Waals surface area contributed by atoms with E-state index in [1.54, 1.807) is 32.4 Å². The SMILES string of the molecule is COc1cccc(/C=N/NC(=O)c2ccc(COc3ccc4ccccc4c3)cc2)c1OC. The van der Waals surface area contributed by atoms with Gasteiger partial charge in [0, 0.05) is 11.1 Å². The van der Waals surface area contributed by atoms with E-state index in [1.165, 1.54) is 11.6 Å². The molecule has 1 N–H and O–H groups in total. The first-order chi connectivity index (χ1) is 16.2. The summed E-state index contributed by atoms with van der Waals surface area (Å²) in [6.45, 7) is 0.411. The van der Waals surface area contributed by atoms with Crippen LogP contribution in [0, 0.1) is 0 Å². The molecule has 0 saturated heterocycles. The summed E-state index contributed by atoms with van der Waals surface area (Å²) >= 11 is 0. The van der Waals surface area contributed by atoms with E-state index in [2.05, 4.69) is 22.7 Å². The van der Waals surface area contributed by atoms with Gasteiger partial charge in [-0.1, -0.05) is 48.5 Å². The van der Waals surface area contributed by atoms with Gasteiger partial charge in [-0.05, 0) is 52.7 Å². The second-order valence-corrected chi connectivity index (χ2v) is 7.28. The summed E-state index contributed by atoms with van der Waals surface area (Å²) in [6.07, 6.45) is 1.52. The van der Waals surface area contributed by atoms with Gasteiger partial charge in [0.15, 0.2) is 11.5 Å². The highest BCUT2D eigenvalue weighted by molar-refractivity contribution is 5.95. The number of carbonyl (C=O) groups is 1. The molecule has 0 atom stereocenters. The summed E-state index contributed by atoms with van der Waals surface area (Å²) in [5.74, 6) is 1.64. The zero-order chi connectivity index (χ0) is 23.0. The van der Waals surface area contributed by atoms with E-state index in [-0.39, 0.29) is 5.91 Å². The van der Waals surface area contributed by atoms with Crippen molar-refractivity contribution < 1.29 is 19.0 Å². The summed E-state index contributed by atoms with van der Waals surface area (Å²) in [5.41, 5.74) is 4.69. The maximum Gasteiger partial charge on any atom is 0.271 e. The number of carbonyl (C=O) groups excluding carboxylic acids is 1. The molecule has 0 aliphatic heterocycles. The van der Waals surface area contributed by atoms with E-state index in [1.807, 2.05) is 54.6 Å². The number of nitrogens with one attached hydrogen (secondary N) is 1. The number of nitrogens with zero attached hydrogens (tertiary/aromatic N) is 1. The lowest BCUT2D eigenvalue weighted by molar-refractivity contribution is 0.0955. The van der Waals surface area contributed by atoms with E-state index in [4.69, 9.17) is 14.2 Å². The molecule has 6 nitrogen and oxygen atoms in total. The third-order valence-electron chi connectivity index (χ3n) is 5.15. The zero-order valence-electron chi connectivity index (χ0n) is 18.4. The van der Waals surface area contributed by atoms with Gasteiger partial charge in [0.25, 0.3) is 5.91 Å². The molecular weight excluding hydrogens is 416 g/mol. The molecule has 4 aromatic rings. The number of hydrazone groups is 1. The van der Waals surface area contributed by atoms with E-state index in [0.717, 1.165) is 16.7 Å². The highest BCUT2D eigenvalue weighted by atomic mass is 16.5. The first kappa shape index (κ1) is 21.9. The Hall–Kier alpha value is -4.32. The van der Waals surface area contributed by atoms with Gasteiger partial charge in [-0.25, -0.2) is 5.43 Å². The standard InChI is InChI=1S/C27H24N2O4/c1-31-25-9-5-8-23(26(25)32-2)17-28-29-27(30)21-12-10-19(11-13-21)18-33-24-15-14-20-6-3-4-7-22(20)16-24/h3-17H,18H2,1-2H3,(H,29,30)/b28-17+. The third-order valence-corrected chi connectivity index (χ3v) is 5.15. The Labute approximate surface area is 192 Å². The number of methoxy groups -OCH3 is 2. The Kier molecular flexibility index (Phi) is 6.85. The van der Waals surface area contributed by atoms with Gasteiger partial charge < -0.3 is 14.2 Å².